The summed E-state index contributed by atoms with van der Waals surface area (Å²) in [5.74, 6) is 0.929. The molecule has 1 atom stereocenters. The van der Waals surface area contributed by atoms with E-state index in [9.17, 15) is 0 Å². The van der Waals surface area contributed by atoms with Gasteiger partial charge in [-0.15, -0.1) is 0 Å². The van der Waals surface area contributed by atoms with Gasteiger partial charge in [0.05, 0.1) is 7.11 Å². The molecule has 2 rings (SSSR count). The molecule has 0 radical (unpaired) electrons. The second-order valence-corrected chi connectivity index (χ2v) is 3.95. The molecule has 1 aliphatic heterocycles. The summed E-state index contributed by atoms with van der Waals surface area (Å²) in [5.41, 5.74) is 1.25. The quantitative estimate of drug-likeness (QED) is 0.793. The average molecular weight is 206 g/mol. The fourth-order valence-electron chi connectivity index (χ4n) is 2.01. The molecule has 0 bridgehead atoms. The van der Waals surface area contributed by atoms with Crippen LogP contribution in [0.1, 0.15) is 6.92 Å². The Kier molecular flexibility index (Phi) is 3.11. The molecule has 0 aliphatic carbocycles. The van der Waals surface area contributed by atoms with Crippen LogP contribution in [0.5, 0.6) is 5.75 Å². The lowest BCUT2D eigenvalue weighted by Crippen LogP contribution is -2.49. The van der Waals surface area contributed by atoms with Crippen LogP contribution in [0.2, 0.25) is 0 Å². The van der Waals surface area contributed by atoms with Gasteiger partial charge in [0.15, 0.2) is 0 Å². The van der Waals surface area contributed by atoms with Gasteiger partial charge in [-0.3, -0.25) is 0 Å². The molecule has 3 heteroatoms. The number of nitrogens with one attached hydrogen (secondary N) is 1. The van der Waals surface area contributed by atoms with E-state index in [1.165, 1.54) is 5.69 Å². The van der Waals surface area contributed by atoms with Crippen LogP contribution in [0.15, 0.2) is 24.3 Å². The summed E-state index contributed by atoms with van der Waals surface area (Å²) in [7, 11) is 1.71. The van der Waals surface area contributed by atoms with Crippen molar-refractivity contribution in [2.45, 2.75) is 13.0 Å². The average Bonchev–Trinajstić information content (AvgIpc) is 2.30. The molecule has 1 aliphatic rings. The monoisotopic (exact) mass is 206 g/mol. The molecule has 0 aromatic heterocycles. The summed E-state index contributed by atoms with van der Waals surface area (Å²) in [6.45, 7) is 5.42. The minimum atomic E-state index is 0.547. The molecule has 15 heavy (non-hydrogen) atoms. The van der Waals surface area contributed by atoms with E-state index in [1.807, 2.05) is 12.1 Å². The highest BCUT2D eigenvalue weighted by Gasteiger charge is 2.18. The largest absolute Gasteiger partial charge is 0.497 e. The molecule has 1 saturated heterocycles. The predicted molar refractivity (Wildman–Crippen MR) is 62.7 cm³/mol. The van der Waals surface area contributed by atoms with Crippen LogP contribution >= 0.6 is 0 Å². The standard InChI is InChI=1S/C12H18N2O/c1-10-9-13-6-7-14(10)11-4-3-5-12(8-11)15-2/h3-5,8,10,13H,6-7,9H2,1-2H3/t10-/m0/s1. The predicted octanol–water partition coefficient (Wildman–Crippen LogP) is 1.49. The summed E-state index contributed by atoms with van der Waals surface area (Å²) in [4.78, 5) is 2.42. The Morgan fingerprint density at radius 2 is 2.33 bits per heavy atom. The van der Waals surface area contributed by atoms with Crippen LogP contribution in [-0.4, -0.2) is 32.8 Å². The van der Waals surface area contributed by atoms with E-state index >= 15 is 0 Å². The minimum absolute atomic E-state index is 0.547. The van der Waals surface area contributed by atoms with Gasteiger partial charge < -0.3 is 15.0 Å². The first-order chi connectivity index (χ1) is 7.31. The second kappa shape index (κ2) is 4.53. The lowest BCUT2D eigenvalue weighted by molar-refractivity contribution is 0.414. The third-order valence-corrected chi connectivity index (χ3v) is 2.89. The molecule has 3 nitrogen and oxygen atoms in total. The van der Waals surface area contributed by atoms with E-state index in [0.717, 1.165) is 25.4 Å². The Morgan fingerprint density at radius 1 is 1.47 bits per heavy atom. The Balaban J connectivity index is 2.19. The maximum Gasteiger partial charge on any atom is 0.120 e. The lowest BCUT2D eigenvalue weighted by atomic mass is 10.2. The molecule has 1 heterocycles. The molecule has 1 aromatic carbocycles. The second-order valence-electron chi connectivity index (χ2n) is 3.95. The van der Waals surface area contributed by atoms with Crippen LogP contribution in [0.3, 0.4) is 0 Å². The third-order valence-electron chi connectivity index (χ3n) is 2.89. The van der Waals surface area contributed by atoms with Gasteiger partial charge in [-0.05, 0) is 19.1 Å². The first-order valence-corrected chi connectivity index (χ1v) is 5.42. The SMILES string of the molecule is COc1cccc(N2CCNC[C@@H]2C)c1. The molecule has 1 fully saturated rings. The van der Waals surface area contributed by atoms with Crippen molar-refractivity contribution in [3.63, 3.8) is 0 Å². The summed E-state index contributed by atoms with van der Waals surface area (Å²) in [6.07, 6.45) is 0. The van der Waals surface area contributed by atoms with Crippen LogP contribution in [0.25, 0.3) is 0 Å². The van der Waals surface area contributed by atoms with Gasteiger partial charge >= 0.3 is 0 Å². The molecule has 82 valence electrons. The van der Waals surface area contributed by atoms with E-state index in [2.05, 4.69) is 29.3 Å². The van der Waals surface area contributed by atoms with Crippen molar-refractivity contribution in [2.24, 2.45) is 0 Å². The van der Waals surface area contributed by atoms with Crippen molar-refractivity contribution in [3.05, 3.63) is 24.3 Å². The highest BCUT2D eigenvalue weighted by atomic mass is 16.5. The molecule has 0 unspecified atom stereocenters. The van der Waals surface area contributed by atoms with E-state index in [4.69, 9.17) is 4.74 Å². The van der Waals surface area contributed by atoms with Crippen molar-refractivity contribution in [3.8, 4) is 5.75 Å². The number of rotatable bonds is 2. The zero-order valence-corrected chi connectivity index (χ0v) is 9.36. The van der Waals surface area contributed by atoms with Crippen molar-refractivity contribution in [1.82, 2.24) is 5.32 Å². The third kappa shape index (κ3) is 2.23. The lowest BCUT2D eigenvalue weighted by Gasteiger charge is -2.36. The van der Waals surface area contributed by atoms with Crippen molar-refractivity contribution >= 4 is 5.69 Å². The Hall–Kier alpha value is -1.22. The maximum atomic E-state index is 5.24. The molecular weight excluding hydrogens is 188 g/mol. The van der Waals surface area contributed by atoms with Crippen molar-refractivity contribution in [1.29, 1.82) is 0 Å². The molecule has 1 aromatic rings. The summed E-state index contributed by atoms with van der Waals surface area (Å²) < 4.78 is 5.24. The smallest absolute Gasteiger partial charge is 0.120 e. The number of benzene rings is 1. The van der Waals surface area contributed by atoms with Crippen LogP contribution in [0.4, 0.5) is 5.69 Å². The normalized spacial score (nSPS) is 21.5. The van der Waals surface area contributed by atoms with Gasteiger partial charge in [0.2, 0.25) is 0 Å². The molecule has 1 N–H and O–H groups in total. The maximum absolute atomic E-state index is 5.24. The minimum Gasteiger partial charge on any atom is -0.497 e. The van der Waals surface area contributed by atoms with Crippen molar-refractivity contribution < 1.29 is 4.74 Å². The number of piperazine rings is 1. The van der Waals surface area contributed by atoms with Gasteiger partial charge in [-0.25, -0.2) is 0 Å². The fraction of sp³-hybridized carbons (Fsp3) is 0.500. The highest BCUT2D eigenvalue weighted by Crippen LogP contribution is 2.23. The first-order valence-electron chi connectivity index (χ1n) is 5.42. The Bertz CT molecular complexity index is 327. The van der Waals surface area contributed by atoms with Crippen LogP contribution < -0.4 is 15.0 Å². The number of hydrogen-bond donors (Lipinski definition) is 1. The Labute approximate surface area is 91.0 Å². The van der Waals surface area contributed by atoms with E-state index in [0.29, 0.717) is 6.04 Å². The van der Waals surface area contributed by atoms with E-state index < -0.39 is 0 Å². The first kappa shape index (κ1) is 10.3. The van der Waals surface area contributed by atoms with Crippen LogP contribution in [-0.2, 0) is 0 Å². The summed E-state index contributed by atoms with van der Waals surface area (Å²) in [5, 5.41) is 3.39. The highest BCUT2D eigenvalue weighted by molar-refractivity contribution is 5.51. The summed E-state index contributed by atoms with van der Waals surface area (Å²) >= 11 is 0. The fourth-order valence-corrected chi connectivity index (χ4v) is 2.01. The molecule has 0 amide bonds. The van der Waals surface area contributed by atoms with Gasteiger partial charge in [-0.1, -0.05) is 6.07 Å². The number of methoxy groups -OCH3 is 1. The molecular formula is C12H18N2O. The number of anilines is 1. The summed E-state index contributed by atoms with van der Waals surface area (Å²) in [6, 6.07) is 8.82. The Morgan fingerprint density at radius 3 is 3.07 bits per heavy atom. The van der Waals surface area contributed by atoms with Gasteiger partial charge in [-0.2, -0.15) is 0 Å². The zero-order valence-electron chi connectivity index (χ0n) is 9.36. The van der Waals surface area contributed by atoms with Crippen molar-refractivity contribution in [2.75, 3.05) is 31.6 Å². The van der Waals surface area contributed by atoms with Gasteiger partial charge in [0, 0.05) is 37.4 Å². The number of ether oxygens (including phenoxy) is 1. The molecule has 0 saturated carbocycles. The number of hydrogen-bond acceptors (Lipinski definition) is 3. The topological polar surface area (TPSA) is 24.5 Å². The van der Waals surface area contributed by atoms with E-state index in [1.54, 1.807) is 7.11 Å². The van der Waals surface area contributed by atoms with E-state index in [-0.39, 0.29) is 0 Å². The number of nitrogens with zero attached hydrogens (tertiary/aromatic N) is 1. The zero-order chi connectivity index (χ0) is 10.7. The van der Waals surface area contributed by atoms with Crippen LogP contribution in [0, 0.1) is 0 Å². The van der Waals surface area contributed by atoms with Gasteiger partial charge in [0.25, 0.3) is 0 Å². The molecule has 0 spiro atoms. The van der Waals surface area contributed by atoms with Gasteiger partial charge in [0.1, 0.15) is 5.75 Å².